The predicted octanol–water partition coefficient (Wildman–Crippen LogP) is 5.03. The van der Waals surface area contributed by atoms with Crippen LogP contribution in [0.2, 0.25) is 10.0 Å². The van der Waals surface area contributed by atoms with Crippen LogP contribution in [0, 0.1) is 5.92 Å². The summed E-state index contributed by atoms with van der Waals surface area (Å²) in [4.78, 5) is 19.1. The number of rotatable bonds is 5. The Morgan fingerprint density at radius 2 is 2.00 bits per heavy atom. The Bertz CT molecular complexity index is 790. The zero-order valence-electron chi connectivity index (χ0n) is 15.4. The van der Waals surface area contributed by atoms with Crippen molar-refractivity contribution in [3.63, 3.8) is 0 Å². The van der Waals surface area contributed by atoms with Gasteiger partial charge in [-0.15, -0.1) is 0 Å². The number of halogens is 2. The second-order valence-electron chi connectivity index (χ2n) is 6.90. The van der Waals surface area contributed by atoms with E-state index in [1.54, 1.807) is 31.3 Å². The van der Waals surface area contributed by atoms with Gasteiger partial charge in [-0.3, -0.25) is 4.79 Å². The maximum Gasteiger partial charge on any atom is 0.265 e. The van der Waals surface area contributed by atoms with Crippen LogP contribution in [-0.2, 0) is 4.79 Å². The van der Waals surface area contributed by atoms with E-state index < -0.39 is 6.10 Å². The Labute approximate surface area is 169 Å². The highest BCUT2D eigenvalue weighted by Crippen LogP contribution is 2.28. The summed E-state index contributed by atoms with van der Waals surface area (Å²) in [7, 11) is 0. The van der Waals surface area contributed by atoms with Gasteiger partial charge >= 0.3 is 0 Å². The van der Waals surface area contributed by atoms with Gasteiger partial charge in [0, 0.05) is 18.1 Å². The molecule has 1 aliphatic rings. The quantitative estimate of drug-likeness (QED) is 0.754. The first-order valence-corrected chi connectivity index (χ1v) is 9.81. The molecule has 1 amide bonds. The molecule has 1 aliphatic heterocycles. The van der Waals surface area contributed by atoms with Gasteiger partial charge in [-0.1, -0.05) is 30.1 Å². The average molecular weight is 408 g/mol. The molecular formula is C20H23Cl2N3O2. The molecule has 7 heteroatoms. The number of piperidine rings is 1. The van der Waals surface area contributed by atoms with E-state index in [1.807, 2.05) is 12.1 Å². The third-order valence-corrected chi connectivity index (χ3v) is 5.22. The van der Waals surface area contributed by atoms with E-state index in [0.29, 0.717) is 21.5 Å². The molecule has 1 fully saturated rings. The zero-order valence-corrected chi connectivity index (χ0v) is 16.9. The Kier molecular flexibility index (Phi) is 6.45. The maximum atomic E-state index is 12.4. The molecule has 0 radical (unpaired) electrons. The number of aromatic nitrogens is 1. The highest BCUT2D eigenvalue weighted by atomic mass is 35.5. The monoisotopic (exact) mass is 407 g/mol. The molecule has 0 aliphatic carbocycles. The number of hydrogen-bond donors (Lipinski definition) is 1. The molecular weight excluding hydrogens is 385 g/mol. The summed E-state index contributed by atoms with van der Waals surface area (Å²) in [5.41, 5.74) is 0.631. The van der Waals surface area contributed by atoms with Gasteiger partial charge in [0.25, 0.3) is 5.91 Å². The smallest absolute Gasteiger partial charge is 0.265 e. The van der Waals surface area contributed by atoms with Gasteiger partial charge in [0.2, 0.25) is 0 Å². The Morgan fingerprint density at radius 3 is 2.63 bits per heavy atom. The molecule has 0 spiro atoms. The summed E-state index contributed by atoms with van der Waals surface area (Å²) in [6.07, 6.45) is 3.32. The third-order valence-electron chi connectivity index (χ3n) is 4.69. The van der Waals surface area contributed by atoms with E-state index in [1.165, 1.54) is 12.8 Å². The number of nitrogens with one attached hydrogen (secondary N) is 1. The first-order chi connectivity index (χ1) is 12.9. The van der Waals surface area contributed by atoms with E-state index in [4.69, 9.17) is 27.9 Å². The fraction of sp³-hybridized carbons (Fsp3) is 0.400. The van der Waals surface area contributed by atoms with Crippen LogP contribution in [0.15, 0.2) is 36.5 Å². The number of pyridine rings is 1. The fourth-order valence-corrected chi connectivity index (χ4v) is 3.40. The molecule has 1 N–H and O–H groups in total. The standard InChI is InChI=1S/C20H23Cl2N3O2/c1-13-7-9-25(10-8-13)19-6-4-16(12-23-19)24-20(26)14(2)27-18-5-3-15(21)11-17(18)22/h3-6,11-14H,7-10H2,1-2H3,(H,24,26). The van der Waals surface area contributed by atoms with Gasteiger partial charge in [-0.2, -0.15) is 0 Å². The van der Waals surface area contributed by atoms with E-state index in [2.05, 4.69) is 22.1 Å². The Balaban J connectivity index is 1.57. The van der Waals surface area contributed by atoms with Gasteiger partial charge in [0.05, 0.1) is 16.9 Å². The minimum atomic E-state index is -0.716. The topological polar surface area (TPSA) is 54.5 Å². The number of anilines is 2. The molecule has 27 heavy (non-hydrogen) atoms. The average Bonchev–Trinajstić information content (AvgIpc) is 2.65. The molecule has 3 rings (SSSR count). The van der Waals surface area contributed by atoms with Crippen molar-refractivity contribution in [3.05, 3.63) is 46.6 Å². The van der Waals surface area contributed by atoms with Gasteiger partial charge < -0.3 is 15.0 Å². The van der Waals surface area contributed by atoms with Gasteiger partial charge in [0.1, 0.15) is 11.6 Å². The lowest BCUT2D eigenvalue weighted by atomic mass is 9.99. The molecule has 5 nitrogen and oxygen atoms in total. The second kappa shape index (κ2) is 8.81. The molecule has 1 atom stereocenters. The van der Waals surface area contributed by atoms with E-state index in [9.17, 15) is 4.79 Å². The van der Waals surface area contributed by atoms with Crippen LogP contribution in [-0.4, -0.2) is 30.1 Å². The van der Waals surface area contributed by atoms with E-state index >= 15 is 0 Å². The van der Waals surface area contributed by atoms with Crippen molar-refractivity contribution in [2.45, 2.75) is 32.8 Å². The van der Waals surface area contributed by atoms with Crippen molar-refractivity contribution in [3.8, 4) is 5.75 Å². The number of ether oxygens (including phenoxy) is 1. The zero-order chi connectivity index (χ0) is 19.4. The van der Waals surface area contributed by atoms with Crippen LogP contribution in [0.1, 0.15) is 26.7 Å². The predicted molar refractivity (Wildman–Crippen MR) is 110 cm³/mol. The second-order valence-corrected chi connectivity index (χ2v) is 7.74. The summed E-state index contributed by atoms with van der Waals surface area (Å²) >= 11 is 12.0. The number of nitrogens with zero attached hydrogens (tertiary/aromatic N) is 2. The minimum Gasteiger partial charge on any atom is -0.479 e. The van der Waals surface area contributed by atoms with Crippen molar-refractivity contribution in [1.29, 1.82) is 0 Å². The Morgan fingerprint density at radius 1 is 1.26 bits per heavy atom. The highest BCUT2D eigenvalue weighted by Gasteiger charge is 2.18. The molecule has 0 saturated carbocycles. The lowest BCUT2D eigenvalue weighted by Gasteiger charge is -2.31. The van der Waals surface area contributed by atoms with E-state index in [0.717, 1.165) is 24.8 Å². The number of amides is 1. The molecule has 1 saturated heterocycles. The normalized spacial score (nSPS) is 16.1. The van der Waals surface area contributed by atoms with Crippen molar-refractivity contribution in [2.75, 3.05) is 23.3 Å². The van der Waals surface area contributed by atoms with E-state index in [-0.39, 0.29) is 5.91 Å². The summed E-state index contributed by atoms with van der Waals surface area (Å²) in [5.74, 6) is 1.85. The van der Waals surface area contributed by atoms with Crippen molar-refractivity contribution in [2.24, 2.45) is 5.92 Å². The lowest BCUT2D eigenvalue weighted by Crippen LogP contribution is -2.33. The van der Waals surface area contributed by atoms with Gasteiger partial charge in [0.15, 0.2) is 6.10 Å². The fourth-order valence-electron chi connectivity index (χ4n) is 2.94. The van der Waals surface area contributed by atoms with Crippen molar-refractivity contribution >= 4 is 40.6 Å². The number of hydrogen-bond acceptors (Lipinski definition) is 4. The summed E-state index contributed by atoms with van der Waals surface area (Å²) in [6, 6.07) is 8.68. The van der Waals surface area contributed by atoms with Crippen LogP contribution in [0.5, 0.6) is 5.75 Å². The van der Waals surface area contributed by atoms with Crippen molar-refractivity contribution < 1.29 is 9.53 Å². The van der Waals surface area contributed by atoms with Crippen LogP contribution in [0.4, 0.5) is 11.5 Å². The Hall–Kier alpha value is -1.98. The summed E-state index contributed by atoms with van der Waals surface area (Å²) in [6.45, 7) is 5.99. The molecule has 144 valence electrons. The third kappa shape index (κ3) is 5.27. The molecule has 1 aromatic carbocycles. The summed E-state index contributed by atoms with van der Waals surface area (Å²) < 4.78 is 5.63. The van der Waals surface area contributed by atoms with Crippen LogP contribution in [0.3, 0.4) is 0 Å². The molecule has 2 aromatic rings. The molecule has 0 bridgehead atoms. The van der Waals surface area contributed by atoms with Gasteiger partial charge in [-0.05, 0) is 56.0 Å². The first-order valence-electron chi connectivity index (χ1n) is 9.06. The number of carbonyl (C=O) groups excluding carboxylic acids is 1. The lowest BCUT2D eigenvalue weighted by molar-refractivity contribution is -0.122. The van der Waals surface area contributed by atoms with Crippen LogP contribution >= 0.6 is 23.2 Å². The maximum absolute atomic E-state index is 12.4. The highest BCUT2D eigenvalue weighted by molar-refractivity contribution is 6.35. The first kappa shape index (κ1) is 19.8. The minimum absolute atomic E-state index is 0.276. The van der Waals surface area contributed by atoms with Gasteiger partial charge in [-0.25, -0.2) is 4.98 Å². The SMILES string of the molecule is CC1CCN(c2ccc(NC(=O)C(C)Oc3ccc(Cl)cc3Cl)cn2)CC1. The molecule has 2 heterocycles. The number of carbonyl (C=O) groups is 1. The molecule has 1 aromatic heterocycles. The number of benzene rings is 1. The van der Waals surface area contributed by atoms with Crippen LogP contribution in [0.25, 0.3) is 0 Å². The van der Waals surface area contributed by atoms with Crippen molar-refractivity contribution in [1.82, 2.24) is 4.98 Å². The van der Waals surface area contributed by atoms with Crippen LogP contribution < -0.4 is 15.0 Å². The molecule has 1 unspecified atom stereocenters. The largest absolute Gasteiger partial charge is 0.479 e. The summed E-state index contributed by atoms with van der Waals surface area (Å²) in [5, 5.41) is 3.69.